The van der Waals surface area contributed by atoms with Crippen molar-refractivity contribution in [2.24, 2.45) is 7.05 Å². The lowest BCUT2D eigenvalue weighted by molar-refractivity contribution is 0.102. The molecule has 1 N–H and O–H groups in total. The van der Waals surface area contributed by atoms with E-state index in [9.17, 15) is 4.79 Å². The molecule has 4 heterocycles. The molecule has 1 amide bonds. The largest absolute Gasteiger partial charge is 0.495 e. The van der Waals surface area contributed by atoms with E-state index < -0.39 is 0 Å². The molecular formula is C24H20N8O2S2. The van der Waals surface area contributed by atoms with Gasteiger partial charge >= 0.3 is 0 Å². The maximum atomic E-state index is 13.1. The number of aryl methyl sites for hydroxylation is 2. The number of amides is 1. The van der Waals surface area contributed by atoms with Gasteiger partial charge in [-0.15, -0.1) is 16.4 Å². The Morgan fingerprint density at radius 1 is 1.19 bits per heavy atom. The third-order valence-corrected chi connectivity index (χ3v) is 7.91. The number of para-hydroxylation sites is 1. The average Bonchev–Trinajstić information content (AvgIpc) is 3.57. The summed E-state index contributed by atoms with van der Waals surface area (Å²) in [6.45, 7) is 1.87. The van der Waals surface area contributed by atoms with E-state index in [0.29, 0.717) is 28.5 Å². The number of carbonyl (C=O) groups excluding carboxylic acids is 1. The summed E-state index contributed by atoms with van der Waals surface area (Å²) in [5.74, 6) is 0.759. The number of thiazole rings is 1. The number of rotatable bonds is 6. The van der Waals surface area contributed by atoms with Gasteiger partial charge in [-0.1, -0.05) is 29.1 Å². The standard InChI is InChI=1S/C24H20N8O2S2/c1-13-20-21(34-3)15(11-25-22(20)31(2)29-13)23(33)26-14-8-9-17-19(10-14)36-24(27-17)35-12-32-18-7-5-4-6-16(18)28-30-32/h4-11H,12H2,1-3H3,(H,26,33). The number of pyridine rings is 1. The van der Waals surface area contributed by atoms with Crippen molar-refractivity contribution in [2.45, 2.75) is 17.1 Å². The van der Waals surface area contributed by atoms with E-state index in [1.165, 1.54) is 6.20 Å². The van der Waals surface area contributed by atoms with E-state index in [1.54, 1.807) is 34.9 Å². The number of thioether (sulfide) groups is 1. The van der Waals surface area contributed by atoms with Crippen molar-refractivity contribution in [3.8, 4) is 5.75 Å². The van der Waals surface area contributed by atoms with Gasteiger partial charge in [0.1, 0.15) is 16.8 Å². The summed E-state index contributed by atoms with van der Waals surface area (Å²) in [5, 5.41) is 16.5. The molecule has 0 spiro atoms. The fraction of sp³-hybridized carbons (Fsp3) is 0.167. The van der Waals surface area contributed by atoms with E-state index >= 15 is 0 Å². The van der Waals surface area contributed by atoms with E-state index in [2.05, 4.69) is 25.7 Å². The quantitative estimate of drug-likeness (QED) is 0.319. The molecule has 12 heteroatoms. The first-order valence-electron chi connectivity index (χ1n) is 11.0. The molecule has 0 aliphatic heterocycles. The van der Waals surface area contributed by atoms with Crippen LogP contribution in [0.25, 0.3) is 32.3 Å². The summed E-state index contributed by atoms with van der Waals surface area (Å²) in [4.78, 5) is 22.3. The number of methoxy groups -OCH3 is 1. The zero-order valence-corrected chi connectivity index (χ0v) is 21.2. The van der Waals surface area contributed by atoms with Crippen LogP contribution in [-0.4, -0.2) is 47.8 Å². The summed E-state index contributed by atoms with van der Waals surface area (Å²) < 4.78 is 11.0. The second-order valence-corrected chi connectivity index (χ2v) is 10.3. The number of benzene rings is 2. The molecule has 0 radical (unpaired) electrons. The predicted octanol–water partition coefficient (Wildman–Crippen LogP) is 4.64. The van der Waals surface area contributed by atoms with Gasteiger partial charge in [-0.3, -0.25) is 9.48 Å². The van der Waals surface area contributed by atoms with Crippen LogP contribution in [0.5, 0.6) is 5.75 Å². The molecule has 0 fully saturated rings. The van der Waals surface area contributed by atoms with E-state index in [1.807, 2.05) is 61.1 Å². The Labute approximate surface area is 213 Å². The minimum atomic E-state index is -0.305. The number of anilines is 1. The number of ether oxygens (including phenoxy) is 1. The number of nitrogens with zero attached hydrogens (tertiary/aromatic N) is 7. The maximum absolute atomic E-state index is 13.1. The molecule has 0 unspecified atom stereocenters. The van der Waals surface area contributed by atoms with Crippen LogP contribution in [-0.2, 0) is 12.9 Å². The highest BCUT2D eigenvalue weighted by Gasteiger charge is 2.21. The Hall–Kier alpha value is -4.03. The van der Waals surface area contributed by atoms with Crippen molar-refractivity contribution >= 4 is 67.0 Å². The summed E-state index contributed by atoms with van der Waals surface area (Å²) in [5.41, 5.74) is 5.16. The van der Waals surface area contributed by atoms with Crippen LogP contribution >= 0.6 is 23.1 Å². The predicted molar refractivity (Wildman–Crippen MR) is 141 cm³/mol. The molecule has 6 rings (SSSR count). The molecule has 0 atom stereocenters. The fourth-order valence-corrected chi connectivity index (χ4v) is 6.11. The minimum absolute atomic E-state index is 0.305. The second kappa shape index (κ2) is 8.88. The van der Waals surface area contributed by atoms with E-state index in [0.717, 1.165) is 36.7 Å². The number of carbonyl (C=O) groups is 1. The Morgan fingerprint density at radius 2 is 2.06 bits per heavy atom. The summed E-state index contributed by atoms with van der Waals surface area (Å²) in [7, 11) is 3.36. The molecule has 10 nitrogen and oxygen atoms in total. The molecule has 0 aliphatic rings. The topological polar surface area (TPSA) is 113 Å². The molecule has 6 aromatic rings. The normalized spacial score (nSPS) is 11.5. The van der Waals surface area contributed by atoms with Crippen LogP contribution in [0, 0.1) is 6.92 Å². The van der Waals surface area contributed by atoms with Crippen LogP contribution in [0.3, 0.4) is 0 Å². The van der Waals surface area contributed by atoms with Crippen LogP contribution in [0.2, 0.25) is 0 Å². The summed E-state index contributed by atoms with van der Waals surface area (Å²) in [6, 6.07) is 13.5. The molecule has 4 aromatic heterocycles. The van der Waals surface area contributed by atoms with Gasteiger partial charge in [0.2, 0.25) is 0 Å². The maximum Gasteiger partial charge on any atom is 0.261 e. The van der Waals surface area contributed by atoms with Crippen LogP contribution < -0.4 is 10.1 Å². The Kier molecular flexibility index (Phi) is 5.53. The number of hydrogen-bond donors (Lipinski definition) is 1. The third kappa shape index (κ3) is 3.84. The van der Waals surface area contributed by atoms with Crippen molar-refractivity contribution in [2.75, 3.05) is 12.4 Å². The van der Waals surface area contributed by atoms with E-state index in [4.69, 9.17) is 9.72 Å². The molecular weight excluding hydrogens is 496 g/mol. The minimum Gasteiger partial charge on any atom is -0.495 e. The Morgan fingerprint density at radius 3 is 2.92 bits per heavy atom. The smallest absolute Gasteiger partial charge is 0.261 e. The number of nitrogens with one attached hydrogen (secondary N) is 1. The van der Waals surface area contributed by atoms with Gasteiger partial charge in [-0.2, -0.15) is 5.10 Å². The average molecular weight is 517 g/mol. The van der Waals surface area contributed by atoms with Crippen molar-refractivity contribution < 1.29 is 9.53 Å². The van der Waals surface area contributed by atoms with Gasteiger partial charge in [0.25, 0.3) is 5.91 Å². The summed E-state index contributed by atoms with van der Waals surface area (Å²) >= 11 is 3.16. The van der Waals surface area contributed by atoms with Crippen molar-refractivity contribution in [1.29, 1.82) is 0 Å². The Bertz CT molecular complexity index is 1770. The zero-order chi connectivity index (χ0) is 24.8. The molecule has 0 aliphatic carbocycles. The monoisotopic (exact) mass is 516 g/mol. The lowest BCUT2D eigenvalue weighted by atomic mass is 10.1. The van der Waals surface area contributed by atoms with Crippen LogP contribution in [0.4, 0.5) is 5.69 Å². The van der Waals surface area contributed by atoms with Gasteiger partial charge in [-0.25, -0.2) is 14.6 Å². The fourth-order valence-electron chi connectivity index (χ4n) is 4.12. The van der Waals surface area contributed by atoms with Gasteiger partial charge in [0, 0.05) is 18.9 Å². The lowest BCUT2D eigenvalue weighted by Gasteiger charge is -2.10. The highest BCUT2D eigenvalue weighted by atomic mass is 32.2. The van der Waals surface area contributed by atoms with Crippen LogP contribution in [0.15, 0.2) is 53.0 Å². The highest BCUT2D eigenvalue weighted by molar-refractivity contribution is 8.00. The summed E-state index contributed by atoms with van der Waals surface area (Å²) in [6.07, 6.45) is 1.52. The number of fused-ring (bicyclic) bond motifs is 3. The molecule has 0 bridgehead atoms. The molecule has 36 heavy (non-hydrogen) atoms. The molecule has 2 aromatic carbocycles. The lowest BCUT2D eigenvalue weighted by Crippen LogP contribution is -2.14. The van der Waals surface area contributed by atoms with Crippen LogP contribution in [0.1, 0.15) is 16.1 Å². The SMILES string of the molecule is COc1c(C(=O)Nc2ccc3nc(SCn4nnc5ccccc54)sc3c2)cnc2c1c(C)nn2C. The molecule has 180 valence electrons. The third-order valence-electron chi connectivity index (χ3n) is 5.79. The molecule has 0 saturated heterocycles. The van der Waals surface area contributed by atoms with Gasteiger partial charge in [-0.05, 0) is 37.3 Å². The first-order valence-corrected chi connectivity index (χ1v) is 12.8. The number of hydrogen-bond acceptors (Lipinski definition) is 9. The van der Waals surface area contributed by atoms with Gasteiger partial charge in [0.05, 0.1) is 39.8 Å². The van der Waals surface area contributed by atoms with E-state index in [-0.39, 0.29) is 5.91 Å². The highest BCUT2D eigenvalue weighted by Crippen LogP contribution is 2.34. The first kappa shape index (κ1) is 22.4. The van der Waals surface area contributed by atoms with Crippen molar-refractivity contribution in [1.82, 2.24) is 34.7 Å². The van der Waals surface area contributed by atoms with Crippen molar-refractivity contribution in [3.05, 3.63) is 59.9 Å². The second-order valence-electron chi connectivity index (χ2n) is 8.08. The van der Waals surface area contributed by atoms with Gasteiger partial charge < -0.3 is 10.1 Å². The molecule has 0 saturated carbocycles. The van der Waals surface area contributed by atoms with Gasteiger partial charge in [0.15, 0.2) is 9.99 Å². The zero-order valence-electron chi connectivity index (χ0n) is 19.6. The first-order chi connectivity index (χ1) is 17.5. The number of aromatic nitrogens is 7. The Balaban J connectivity index is 1.22. The van der Waals surface area contributed by atoms with Crippen molar-refractivity contribution in [3.63, 3.8) is 0 Å².